The Hall–Kier alpha value is -2.04. The summed E-state index contributed by atoms with van der Waals surface area (Å²) in [5.41, 5.74) is 7.43. The lowest BCUT2D eigenvalue weighted by molar-refractivity contribution is 0.130. The highest BCUT2D eigenvalue weighted by molar-refractivity contribution is 5.97. The molecule has 0 heterocycles. The molecule has 0 aliphatic rings. The maximum absolute atomic E-state index is 11.4. The van der Waals surface area contributed by atoms with Crippen molar-refractivity contribution in [1.82, 2.24) is 0 Å². The fraction of sp³-hybridized carbons (Fsp3) is 0.333. The van der Waals surface area contributed by atoms with E-state index in [-0.39, 0.29) is 11.9 Å². The van der Waals surface area contributed by atoms with Crippen LogP contribution in [0.5, 0.6) is 0 Å². The number of aryl methyl sites for hydroxylation is 1. The predicted octanol–water partition coefficient (Wildman–Crippen LogP) is 2.24. The Labute approximate surface area is 100 Å². The molecule has 0 aliphatic carbocycles. The lowest BCUT2D eigenvalue weighted by Gasteiger charge is -2.12. The first-order valence-electron chi connectivity index (χ1n) is 5.33. The third-order valence-electron chi connectivity index (χ3n) is 2.13. The van der Waals surface area contributed by atoms with E-state index in [9.17, 15) is 4.79 Å². The molecule has 5 nitrogen and oxygen atoms in total. The number of amidine groups is 1. The number of nitrogens with one attached hydrogen (secondary N) is 2. The molecule has 5 heteroatoms. The molecule has 0 atom stereocenters. The van der Waals surface area contributed by atoms with E-state index in [1.807, 2.05) is 6.92 Å². The van der Waals surface area contributed by atoms with Crippen molar-refractivity contribution in [3.05, 3.63) is 29.3 Å². The predicted molar refractivity (Wildman–Crippen MR) is 67.4 cm³/mol. The molecule has 0 unspecified atom stereocenters. The van der Waals surface area contributed by atoms with Crippen LogP contribution in [0.25, 0.3) is 0 Å². The normalized spacial score (nSPS) is 10.1. The molecule has 0 saturated heterocycles. The van der Waals surface area contributed by atoms with Gasteiger partial charge in [0, 0.05) is 11.3 Å². The number of ether oxygens (including phenoxy) is 1. The summed E-state index contributed by atoms with van der Waals surface area (Å²) in [6, 6.07) is 5.18. The molecule has 1 aromatic rings. The Morgan fingerprint density at radius 2 is 2.12 bits per heavy atom. The molecular weight excluding hydrogens is 218 g/mol. The Morgan fingerprint density at radius 1 is 1.47 bits per heavy atom. The van der Waals surface area contributed by atoms with Crippen LogP contribution in [0.15, 0.2) is 18.2 Å². The number of carbonyl (C=O) groups excluding carboxylic acids is 1. The molecular formula is C12H17N3O2. The maximum Gasteiger partial charge on any atom is 0.411 e. The maximum atomic E-state index is 11.4. The quantitative estimate of drug-likeness (QED) is 0.554. The molecule has 1 amide bonds. The average Bonchev–Trinajstić information content (AvgIpc) is 2.19. The highest BCUT2D eigenvalue weighted by Gasteiger charge is 2.08. The van der Waals surface area contributed by atoms with Gasteiger partial charge < -0.3 is 10.5 Å². The Balaban J connectivity index is 2.86. The summed E-state index contributed by atoms with van der Waals surface area (Å²) in [6.07, 6.45) is -0.685. The zero-order valence-electron chi connectivity index (χ0n) is 10.2. The smallest absolute Gasteiger partial charge is 0.411 e. The van der Waals surface area contributed by atoms with Gasteiger partial charge in [0.2, 0.25) is 0 Å². The number of benzene rings is 1. The fourth-order valence-corrected chi connectivity index (χ4v) is 1.28. The fourth-order valence-electron chi connectivity index (χ4n) is 1.28. The van der Waals surface area contributed by atoms with Crippen molar-refractivity contribution < 1.29 is 9.53 Å². The summed E-state index contributed by atoms with van der Waals surface area (Å²) in [7, 11) is 0. The molecule has 0 saturated carbocycles. The van der Waals surface area contributed by atoms with Gasteiger partial charge in [-0.05, 0) is 32.4 Å². The Kier molecular flexibility index (Phi) is 4.09. The lowest BCUT2D eigenvalue weighted by Crippen LogP contribution is -2.19. The minimum Gasteiger partial charge on any atom is -0.447 e. The van der Waals surface area contributed by atoms with Crippen LogP contribution in [0.3, 0.4) is 0 Å². The molecule has 0 spiro atoms. The second-order valence-corrected chi connectivity index (χ2v) is 4.02. The molecule has 0 radical (unpaired) electrons. The van der Waals surface area contributed by atoms with Crippen LogP contribution < -0.4 is 11.1 Å². The first-order valence-corrected chi connectivity index (χ1v) is 5.33. The summed E-state index contributed by atoms with van der Waals surface area (Å²) >= 11 is 0. The first-order chi connectivity index (χ1) is 7.90. The molecule has 4 N–H and O–H groups in total. The van der Waals surface area contributed by atoms with Gasteiger partial charge in [-0.15, -0.1) is 0 Å². The lowest BCUT2D eigenvalue weighted by atomic mass is 10.1. The molecule has 0 bridgehead atoms. The van der Waals surface area contributed by atoms with E-state index < -0.39 is 6.09 Å². The van der Waals surface area contributed by atoms with Gasteiger partial charge in [-0.2, -0.15) is 0 Å². The van der Waals surface area contributed by atoms with Gasteiger partial charge in [0.25, 0.3) is 0 Å². The van der Waals surface area contributed by atoms with Crippen molar-refractivity contribution in [2.24, 2.45) is 5.73 Å². The van der Waals surface area contributed by atoms with E-state index in [4.69, 9.17) is 15.9 Å². The van der Waals surface area contributed by atoms with Crippen molar-refractivity contribution in [3.63, 3.8) is 0 Å². The van der Waals surface area contributed by atoms with E-state index in [1.165, 1.54) is 0 Å². The molecule has 0 aromatic heterocycles. The largest absolute Gasteiger partial charge is 0.447 e. The molecule has 1 rings (SSSR count). The average molecular weight is 235 g/mol. The number of hydrogen-bond acceptors (Lipinski definition) is 3. The first kappa shape index (κ1) is 13.0. The number of anilines is 1. The van der Waals surface area contributed by atoms with Crippen molar-refractivity contribution >= 4 is 17.6 Å². The van der Waals surface area contributed by atoms with E-state index >= 15 is 0 Å². The van der Waals surface area contributed by atoms with Gasteiger partial charge >= 0.3 is 6.09 Å². The second kappa shape index (κ2) is 5.34. The second-order valence-electron chi connectivity index (χ2n) is 4.02. The van der Waals surface area contributed by atoms with Crippen LogP contribution >= 0.6 is 0 Å². The zero-order chi connectivity index (χ0) is 13.0. The number of carbonyl (C=O) groups is 1. The van der Waals surface area contributed by atoms with Gasteiger partial charge in [-0.3, -0.25) is 10.7 Å². The van der Waals surface area contributed by atoms with Crippen LogP contribution in [-0.4, -0.2) is 18.0 Å². The van der Waals surface area contributed by atoms with Crippen molar-refractivity contribution in [2.45, 2.75) is 26.9 Å². The van der Waals surface area contributed by atoms with E-state index in [0.717, 1.165) is 5.56 Å². The van der Waals surface area contributed by atoms with Crippen LogP contribution in [0.1, 0.15) is 25.0 Å². The summed E-state index contributed by atoms with van der Waals surface area (Å²) < 4.78 is 4.97. The number of rotatable bonds is 3. The molecule has 1 aromatic carbocycles. The molecule has 92 valence electrons. The summed E-state index contributed by atoms with van der Waals surface area (Å²) in [4.78, 5) is 11.4. The molecule has 17 heavy (non-hydrogen) atoms. The van der Waals surface area contributed by atoms with Crippen LogP contribution in [0, 0.1) is 12.3 Å². The standard InChI is InChI=1S/C12H17N3O2/c1-7(2)17-12(16)15-10-6-9(11(13)14)5-4-8(10)3/h4-7H,1-3H3,(H3,13,14)(H,15,16). The van der Waals surface area contributed by atoms with Crippen molar-refractivity contribution in [3.8, 4) is 0 Å². The van der Waals surface area contributed by atoms with Gasteiger partial charge in [0.15, 0.2) is 0 Å². The molecule has 0 aliphatic heterocycles. The topological polar surface area (TPSA) is 88.2 Å². The van der Waals surface area contributed by atoms with Gasteiger partial charge in [-0.25, -0.2) is 4.79 Å². The summed E-state index contributed by atoms with van der Waals surface area (Å²) in [5.74, 6) is -0.0368. The van der Waals surface area contributed by atoms with Gasteiger partial charge in [0.05, 0.1) is 6.10 Å². The number of hydrogen-bond donors (Lipinski definition) is 3. The third-order valence-corrected chi connectivity index (χ3v) is 2.13. The van der Waals surface area contributed by atoms with E-state index in [0.29, 0.717) is 11.3 Å². The van der Waals surface area contributed by atoms with E-state index in [1.54, 1.807) is 32.0 Å². The summed E-state index contributed by atoms with van der Waals surface area (Å²) in [6.45, 7) is 5.41. The van der Waals surface area contributed by atoms with Gasteiger partial charge in [-0.1, -0.05) is 12.1 Å². The van der Waals surface area contributed by atoms with Crippen LogP contribution in [0.2, 0.25) is 0 Å². The molecule has 0 fully saturated rings. The van der Waals surface area contributed by atoms with Crippen molar-refractivity contribution in [1.29, 1.82) is 5.41 Å². The highest BCUT2D eigenvalue weighted by Crippen LogP contribution is 2.17. The number of amides is 1. The number of nitrogen functional groups attached to an aromatic ring is 1. The highest BCUT2D eigenvalue weighted by atomic mass is 16.6. The van der Waals surface area contributed by atoms with Gasteiger partial charge in [0.1, 0.15) is 5.84 Å². The van der Waals surface area contributed by atoms with E-state index in [2.05, 4.69) is 5.32 Å². The minimum atomic E-state index is -0.510. The zero-order valence-corrected chi connectivity index (χ0v) is 10.2. The Morgan fingerprint density at radius 3 is 2.65 bits per heavy atom. The SMILES string of the molecule is Cc1ccc(C(=N)N)cc1NC(=O)OC(C)C. The Bertz CT molecular complexity index is 441. The summed E-state index contributed by atoms with van der Waals surface area (Å²) in [5, 5.41) is 9.96. The minimum absolute atomic E-state index is 0.0368. The van der Waals surface area contributed by atoms with Crippen molar-refractivity contribution in [2.75, 3.05) is 5.32 Å². The van der Waals surface area contributed by atoms with Crippen LogP contribution in [0.4, 0.5) is 10.5 Å². The third kappa shape index (κ3) is 3.79. The number of nitrogens with two attached hydrogens (primary N) is 1. The van der Waals surface area contributed by atoms with Crippen LogP contribution in [-0.2, 0) is 4.74 Å². The monoisotopic (exact) mass is 235 g/mol.